The second-order valence-corrected chi connectivity index (χ2v) is 8.88. The van der Waals surface area contributed by atoms with Crippen LogP contribution in [0.25, 0.3) is 10.8 Å². The van der Waals surface area contributed by atoms with E-state index in [0.717, 1.165) is 28.5 Å². The van der Waals surface area contributed by atoms with Gasteiger partial charge in [-0.3, -0.25) is 0 Å². The number of hydrogen-bond donors (Lipinski definition) is 0. The molecule has 0 bridgehead atoms. The van der Waals surface area contributed by atoms with Crippen LogP contribution in [0.2, 0.25) is 0 Å². The van der Waals surface area contributed by atoms with Crippen LogP contribution in [0.1, 0.15) is 66.8 Å². The summed E-state index contributed by atoms with van der Waals surface area (Å²) in [5, 5.41) is 1.62. The van der Waals surface area contributed by atoms with Crippen LogP contribution in [0.5, 0.6) is 0 Å². The summed E-state index contributed by atoms with van der Waals surface area (Å²) in [4.78, 5) is 0. The minimum Gasteiger partial charge on any atom is -0.204 e. The molecule has 0 N–H and O–H groups in total. The van der Waals surface area contributed by atoms with Crippen LogP contribution < -0.4 is 0 Å². The van der Waals surface area contributed by atoms with Crippen LogP contribution in [0, 0.1) is 29.3 Å². The zero-order chi connectivity index (χ0) is 25.9. The Kier molecular flexibility index (Phi) is 7.45. The molecule has 0 aliphatic rings. The van der Waals surface area contributed by atoms with Gasteiger partial charge in [-0.1, -0.05) is 86.7 Å². The summed E-state index contributed by atoms with van der Waals surface area (Å²) in [6.07, 6.45) is 0.960. The second-order valence-electron chi connectivity index (χ2n) is 8.88. The minimum absolute atomic E-state index is 0.0548. The van der Waals surface area contributed by atoms with Crippen molar-refractivity contribution >= 4 is 10.8 Å². The summed E-state index contributed by atoms with van der Waals surface area (Å²) in [5.74, 6) is -1.91. The molecule has 36 heavy (non-hydrogen) atoms. The first-order valence-corrected chi connectivity index (χ1v) is 11.9. The van der Waals surface area contributed by atoms with E-state index in [1.807, 2.05) is 38.1 Å². The molecule has 0 aliphatic carbocycles. The second kappa shape index (κ2) is 10.5. The van der Waals surface area contributed by atoms with Crippen LogP contribution in [-0.4, -0.2) is 0 Å². The van der Waals surface area contributed by atoms with Crippen molar-refractivity contribution in [1.82, 2.24) is 0 Å². The zero-order valence-electron chi connectivity index (χ0n) is 20.0. The van der Waals surface area contributed by atoms with E-state index in [9.17, 15) is 22.0 Å². The van der Waals surface area contributed by atoms with Crippen molar-refractivity contribution in [3.63, 3.8) is 0 Å². The molecule has 4 aromatic carbocycles. The van der Waals surface area contributed by atoms with Crippen molar-refractivity contribution in [2.45, 2.75) is 45.0 Å². The van der Waals surface area contributed by atoms with E-state index in [0.29, 0.717) is 24.0 Å². The lowest BCUT2D eigenvalue weighted by Gasteiger charge is -2.23. The number of alkyl halides is 2. The molecule has 0 aliphatic heterocycles. The number of benzene rings is 4. The maximum absolute atomic E-state index is 15.0. The number of fused-ring (bicyclic) bond motifs is 1. The number of unbranched alkanes of at least 4 members (excludes halogenated alkanes) is 1. The van der Waals surface area contributed by atoms with Gasteiger partial charge in [0.05, 0.1) is 5.56 Å². The highest BCUT2D eigenvalue weighted by atomic mass is 19.3. The quantitative estimate of drug-likeness (QED) is 0.143. The summed E-state index contributed by atoms with van der Waals surface area (Å²) >= 11 is 0. The molecule has 0 fully saturated rings. The molecule has 4 rings (SSSR count). The van der Waals surface area contributed by atoms with Gasteiger partial charge in [0.25, 0.3) is 5.92 Å². The molecule has 0 aromatic heterocycles. The summed E-state index contributed by atoms with van der Waals surface area (Å²) < 4.78 is 70.7. The number of halogens is 5. The van der Waals surface area contributed by atoms with Gasteiger partial charge in [0.1, 0.15) is 0 Å². The van der Waals surface area contributed by atoms with Gasteiger partial charge in [0.2, 0.25) is 0 Å². The molecule has 0 heterocycles. The smallest absolute Gasteiger partial charge is 0.204 e. The largest absolute Gasteiger partial charge is 0.273 e. The molecule has 0 saturated heterocycles. The molecule has 184 valence electrons. The highest BCUT2D eigenvalue weighted by Crippen LogP contribution is 2.40. The predicted molar refractivity (Wildman–Crippen MR) is 134 cm³/mol. The first kappa shape index (κ1) is 25.4. The number of hydrogen-bond acceptors (Lipinski definition) is 0. The Morgan fingerprint density at radius 3 is 2.33 bits per heavy atom. The molecule has 0 radical (unpaired) electrons. The summed E-state index contributed by atoms with van der Waals surface area (Å²) in [6, 6.07) is 19.7. The van der Waals surface area contributed by atoms with E-state index in [1.165, 1.54) is 6.07 Å². The van der Waals surface area contributed by atoms with Crippen LogP contribution >= 0.6 is 0 Å². The fourth-order valence-electron chi connectivity index (χ4n) is 4.36. The molecule has 0 spiro atoms. The van der Waals surface area contributed by atoms with Gasteiger partial charge in [-0.05, 0) is 46.5 Å². The lowest BCUT2D eigenvalue weighted by molar-refractivity contribution is -0.0163. The Morgan fingerprint density at radius 2 is 1.56 bits per heavy atom. The lowest BCUT2D eigenvalue weighted by Crippen LogP contribution is -2.17. The highest BCUT2D eigenvalue weighted by Gasteiger charge is 2.34. The molecule has 5 heteroatoms. The van der Waals surface area contributed by atoms with Crippen molar-refractivity contribution < 1.29 is 22.0 Å². The average molecular weight is 493 g/mol. The van der Waals surface area contributed by atoms with E-state index >= 15 is 0 Å². The van der Waals surface area contributed by atoms with Crippen LogP contribution in [0.15, 0.2) is 72.8 Å². The fraction of sp³-hybridized carbons (Fsp3) is 0.226. The average Bonchev–Trinajstić information content (AvgIpc) is 2.89. The van der Waals surface area contributed by atoms with Crippen molar-refractivity contribution in [3.8, 4) is 11.8 Å². The van der Waals surface area contributed by atoms with E-state index in [-0.39, 0.29) is 23.5 Å². The van der Waals surface area contributed by atoms with E-state index < -0.39 is 23.4 Å². The van der Waals surface area contributed by atoms with Gasteiger partial charge < -0.3 is 0 Å². The van der Waals surface area contributed by atoms with Crippen molar-refractivity contribution in [2.75, 3.05) is 0 Å². The topological polar surface area (TPSA) is 0 Å². The Hall–Kier alpha value is -3.65. The first-order chi connectivity index (χ1) is 17.2. The maximum atomic E-state index is 15.0. The normalized spacial score (nSPS) is 12.3. The van der Waals surface area contributed by atoms with E-state index in [2.05, 4.69) is 11.8 Å². The monoisotopic (exact) mass is 492 g/mol. The van der Waals surface area contributed by atoms with Crippen LogP contribution in [0.4, 0.5) is 22.0 Å². The molecule has 1 atom stereocenters. The first-order valence-electron chi connectivity index (χ1n) is 11.9. The highest BCUT2D eigenvalue weighted by molar-refractivity contribution is 5.89. The van der Waals surface area contributed by atoms with Crippen molar-refractivity contribution in [2.24, 2.45) is 0 Å². The third-order valence-corrected chi connectivity index (χ3v) is 6.44. The third kappa shape index (κ3) is 5.14. The molecule has 1 unspecified atom stereocenters. The summed E-state index contributed by atoms with van der Waals surface area (Å²) in [5.41, 5.74) is 1.86. The van der Waals surface area contributed by atoms with Crippen molar-refractivity contribution in [3.05, 3.63) is 118 Å². The maximum Gasteiger partial charge on any atom is 0.273 e. The number of rotatable bonds is 6. The molecule has 0 amide bonds. The van der Waals surface area contributed by atoms with Crippen LogP contribution in [-0.2, 0) is 5.92 Å². The fourth-order valence-corrected chi connectivity index (χ4v) is 4.36. The van der Waals surface area contributed by atoms with Crippen LogP contribution in [0.3, 0.4) is 0 Å². The van der Waals surface area contributed by atoms with Gasteiger partial charge in [0, 0.05) is 23.5 Å². The molecule has 0 nitrogen and oxygen atoms in total. The van der Waals surface area contributed by atoms with Crippen molar-refractivity contribution in [1.29, 1.82) is 0 Å². The zero-order valence-corrected chi connectivity index (χ0v) is 20.0. The minimum atomic E-state index is -2.91. The SMILES string of the molecule is CCCCC(F)(F)c1ccccc1C(C)c1ccc2c(C#Cc3ccc(F)c(F)c3F)cccc2c1. The molecular weight excluding hydrogens is 467 g/mol. The molecule has 0 saturated carbocycles. The van der Waals surface area contributed by atoms with E-state index in [1.54, 1.807) is 30.3 Å². The molecule has 4 aromatic rings. The van der Waals surface area contributed by atoms with Gasteiger partial charge in [-0.2, -0.15) is 0 Å². The standard InChI is InChI=1S/C31H25F5/c1-3-4-18-31(35,36)27-11-6-5-10-25(27)20(2)23-14-16-26-21(8-7-9-24(26)19-23)12-13-22-15-17-28(32)30(34)29(22)33/h5-11,14-17,19-20H,3-4,18H2,1-2H3. The Balaban J connectivity index is 1.70. The summed E-state index contributed by atoms with van der Waals surface area (Å²) in [6.45, 7) is 3.80. The van der Waals surface area contributed by atoms with Gasteiger partial charge in [-0.25, -0.2) is 22.0 Å². The Bertz CT molecular complexity index is 1460. The molecular formula is C31H25F5. The van der Waals surface area contributed by atoms with E-state index in [4.69, 9.17) is 0 Å². The van der Waals surface area contributed by atoms with Gasteiger partial charge in [-0.15, -0.1) is 0 Å². The summed E-state index contributed by atoms with van der Waals surface area (Å²) in [7, 11) is 0. The Morgan fingerprint density at radius 1 is 0.806 bits per heavy atom. The lowest BCUT2D eigenvalue weighted by atomic mass is 9.85. The Labute approximate surface area is 207 Å². The van der Waals surface area contributed by atoms with Gasteiger partial charge >= 0.3 is 0 Å². The predicted octanol–water partition coefficient (Wildman–Crippen LogP) is 9.09. The third-order valence-electron chi connectivity index (χ3n) is 6.44. The van der Waals surface area contributed by atoms with Gasteiger partial charge in [0.15, 0.2) is 17.5 Å².